The fourth-order valence-corrected chi connectivity index (χ4v) is 14.1. The summed E-state index contributed by atoms with van der Waals surface area (Å²) in [6.45, 7) is 0. The van der Waals surface area contributed by atoms with E-state index in [9.17, 15) is 9.59 Å². The lowest BCUT2D eigenvalue weighted by atomic mass is 9.79. The van der Waals surface area contributed by atoms with Crippen molar-refractivity contribution >= 4 is 80.4 Å². The Labute approximate surface area is 462 Å². The van der Waals surface area contributed by atoms with Crippen molar-refractivity contribution in [3.63, 3.8) is 0 Å². The average Bonchev–Trinajstić information content (AvgIpc) is 4.29. The summed E-state index contributed by atoms with van der Waals surface area (Å²) in [5.41, 5.74) is 14.0. The van der Waals surface area contributed by atoms with Crippen LogP contribution in [0.25, 0.3) is 41.9 Å². The number of halogens is 3. The largest absolute Gasteiger partial charge is 0.383 e. The van der Waals surface area contributed by atoms with Crippen molar-refractivity contribution in [2.24, 2.45) is 0 Å². The van der Waals surface area contributed by atoms with Gasteiger partial charge < -0.3 is 4.90 Å². The molecule has 75 heavy (non-hydrogen) atoms. The Morgan fingerprint density at radius 1 is 0.533 bits per heavy atom. The predicted octanol–water partition coefficient (Wildman–Crippen LogP) is 16.7. The van der Waals surface area contributed by atoms with E-state index in [0.29, 0.717) is 18.8 Å². The van der Waals surface area contributed by atoms with E-state index in [-0.39, 0.29) is 23.4 Å². The number of Topliss-reactive ketones (excluding diaryl/α,β-unsaturated/α-hetero) is 2. The number of nitrogens with one attached hydrogen (secondary N) is 1. The maximum Gasteiger partial charge on any atom is 0.200 e. The summed E-state index contributed by atoms with van der Waals surface area (Å²) in [7, 11) is 3.90. The van der Waals surface area contributed by atoms with Gasteiger partial charge in [-0.15, -0.1) is 34.0 Å². The molecule has 0 spiro atoms. The molecule has 0 saturated carbocycles. The number of aromatic nitrogens is 5. The van der Waals surface area contributed by atoms with Gasteiger partial charge in [0.1, 0.15) is 0 Å². The quantitative estimate of drug-likeness (QED) is 0.159. The van der Waals surface area contributed by atoms with Crippen molar-refractivity contribution in [2.45, 2.75) is 43.4 Å². The number of aromatic amines is 1. The smallest absolute Gasteiger partial charge is 0.200 e. The summed E-state index contributed by atoms with van der Waals surface area (Å²) >= 11 is 23.1. The van der Waals surface area contributed by atoms with Crippen LogP contribution in [0.5, 0.6) is 0 Å². The number of allylic oxidation sites excluding steroid dienone is 1. The number of thiophene rings is 3. The average molecular weight is 1100 g/mol. The van der Waals surface area contributed by atoms with E-state index in [1.54, 1.807) is 47.5 Å². The molecule has 0 radical (unpaired) electrons. The Hall–Kier alpha value is -6.83. The van der Waals surface area contributed by atoms with Gasteiger partial charge in [-0.05, 0) is 166 Å². The monoisotopic (exact) mass is 1100 g/mol. The van der Waals surface area contributed by atoms with Crippen molar-refractivity contribution in [1.29, 1.82) is 0 Å². The van der Waals surface area contributed by atoms with E-state index in [2.05, 4.69) is 91.9 Å². The molecule has 3 atom stereocenters. The summed E-state index contributed by atoms with van der Waals surface area (Å²) in [6, 6.07) is 42.8. The van der Waals surface area contributed by atoms with Gasteiger partial charge in [0.15, 0.2) is 5.78 Å². The number of fused-ring (bicyclic) bond motifs is 5. The molecule has 10 aromatic rings. The number of ketones is 2. The van der Waals surface area contributed by atoms with Gasteiger partial charge >= 0.3 is 0 Å². The molecule has 3 aliphatic carbocycles. The van der Waals surface area contributed by atoms with Gasteiger partial charge in [-0.1, -0.05) is 71.2 Å². The minimum atomic E-state index is 0.134. The highest BCUT2D eigenvalue weighted by Gasteiger charge is 2.34. The summed E-state index contributed by atoms with van der Waals surface area (Å²) in [5, 5.41) is 9.69. The highest BCUT2D eigenvalue weighted by Crippen LogP contribution is 2.50. The second-order valence-electron chi connectivity index (χ2n) is 18.8. The zero-order valence-electron chi connectivity index (χ0n) is 40.7. The molecule has 8 nitrogen and oxygen atoms in total. The lowest BCUT2D eigenvalue weighted by molar-refractivity contribution is 0.0972. The molecule has 13 rings (SSSR count). The molecule has 3 unspecified atom stereocenters. The molecule has 3 aromatic carbocycles. The topological polar surface area (TPSA) is 105 Å². The van der Waals surface area contributed by atoms with Gasteiger partial charge in [0.2, 0.25) is 5.78 Å². The minimum Gasteiger partial charge on any atom is -0.383 e. The van der Waals surface area contributed by atoms with E-state index in [0.717, 1.165) is 80.9 Å². The van der Waals surface area contributed by atoms with Crippen molar-refractivity contribution in [1.82, 2.24) is 30.0 Å². The number of carbonyl (C=O) groups is 2. The second kappa shape index (κ2) is 22.2. The van der Waals surface area contributed by atoms with Crippen LogP contribution in [0, 0.1) is 0 Å². The Bertz CT molecular complexity index is 3670. The normalized spacial score (nSPS) is 16.9. The first-order valence-corrected chi connectivity index (χ1v) is 28.0. The molecule has 0 aliphatic heterocycles. The highest BCUT2D eigenvalue weighted by atomic mass is 35.5. The van der Waals surface area contributed by atoms with E-state index >= 15 is 0 Å². The number of hydrogen-bond acceptors (Lipinski definition) is 10. The number of hydrogen-bond donors (Lipinski definition) is 1. The van der Waals surface area contributed by atoms with Crippen LogP contribution >= 0.6 is 68.8 Å². The van der Waals surface area contributed by atoms with Gasteiger partial charge in [-0.2, -0.15) is 5.10 Å². The van der Waals surface area contributed by atoms with Crippen molar-refractivity contribution in [3.8, 4) is 41.9 Å². The number of pyridine rings is 3. The molecule has 7 aromatic heterocycles. The van der Waals surface area contributed by atoms with E-state index < -0.39 is 0 Å². The summed E-state index contributed by atoms with van der Waals surface area (Å²) in [4.78, 5) is 46.2. The maximum atomic E-state index is 13.1. The van der Waals surface area contributed by atoms with Gasteiger partial charge in [0, 0.05) is 117 Å². The van der Waals surface area contributed by atoms with Crippen LogP contribution in [0.4, 0.5) is 0 Å². The van der Waals surface area contributed by atoms with E-state index in [4.69, 9.17) is 34.8 Å². The fraction of sp³-hybridized carbons (Fsp3) is 0.148. The molecule has 0 fully saturated rings. The third-order valence-electron chi connectivity index (χ3n) is 13.7. The number of H-pyrrole nitrogens is 1. The third-order valence-corrected chi connectivity index (χ3v) is 18.2. The van der Waals surface area contributed by atoms with Crippen molar-refractivity contribution < 1.29 is 9.59 Å². The molecular weight excluding hydrogens is 1050 g/mol. The molecule has 0 amide bonds. The first kappa shape index (κ1) is 50.3. The Morgan fingerprint density at radius 2 is 0.947 bits per heavy atom. The Kier molecular flexibility index (Phi) is 14.9. The second-order valence-corrected chi connectivity index (χ2v) is 23.3. The van der Waals surface area contributed by atoms with Crippen molar-refractivity contribution in [3.05, 3.63) is 246 Å². The summed E-state index contributed by atoms with van der Waals surface area (Å²) < 4.78 is 0. The van der Waals surface area contributed by atoms with E-state index in [1.165, 1.54) is 43.1 Å². The number of rotatable bonds is 7. The Balaban J connectivity index is 0.000000121. The van der Waals surface area contributed by atoms with Crippen LogP contribution in [0.15, 0.2) is 183 Å². The van der Waals surface area contributed by atoms with Crippen LogP contribution in [0.1, 0.15) is 95.3 Å². The predicted molar refractivity (Wildman–Crippen MR) is 308 cm³/mol. The molecule has 1 N–H and O–H groups in total. The summed E-state index contributed by atoms with van der Waals surface area (Å²) in [5.74, 6) is 1.13. The molecule has 0 saturated heterocycles. The molecule has 372 valence electrons. The number of nitrogens with zero attached hydrogens (tertiary/aromatic N) is 5. The summed E-state index contributed by atoms with van der Waals surface area (Å²) in [6.07, 6.45) is 17.8. The Morgan fingerprint density at radius 3 is 1.43 bits per heavy atom. The third kappa shape index (κ3) is 10.8. The van der Waals surface area contributed by atoms with Gasteiger partial charge in [-0.25, -0.2) is 0 Å². The van der Waals surface area contributed by atoms with Crippen LogP contribution in [0.3, 0.4) is 0 Å². The van der Waals surface area contributed by atoms with Crippen LogP contribution < -0.4 is 0 Å². The molecule has 3 aliphatic rings. The fourth-order valence-electron chi connectivity index (χ4n) is 10.1. The highest BCUT2D eigenvalue weighted by molar-refractivity contribution is 7.19. The van der Waals surface area contributed by atoms with Crippen LogP contribution in [-0.4, -0.2) is 55.7 Å². The van der Waals surface area contributed by atoms with Gasteiger partial charge in [-0.3, -0.25) is 29.6 Å². The lowest BCUT2D eigenvalue weighted by Gasteiger charge is -2.25. The maximum absolute atomic E-state index is 13.1. The molecule has 0 bridgehead atoms. The van der Waals surface area contributed by atoms with Crippen LogP contribution in [0.2, 0.25) is 15.1 Å². The molecule has 7 heterocycles. The zero-order valence-corrected chi connectivity index (χ0v) is 45.4. The first-order valence-electron chi connectivity index (χ1n) is 24.4. The van der Waals surface area contributed by atoms with Gasteiger partial charge in [0.05, 0.1) is 26.5 Å². The number of carbonyl (C=O) groups excluding carboxylic acids is 2. The van der Waals surface area contributed by atoms with Crippen molar-refractivity contribution in [2.75, 3.05) is 14.1 Å². The first-order chi connectivity index (χ1) is 36.5. The van der Waals surface area contributed by atoms with Crippen LogP contribution in [-0.2, 0) is 6.42 Å². The number of benzene rings is 3. The standard InChI is InChI=1S/C22H19ClN2OS.C20H14ClN3S.C19H14ClNOS/c1-25(2)13-16-11-18(14-3-5-17(23)6-4-14)19-12-20(27-22(19)21(16)26)15-7-9-24-10-8-15;21-15-3-1-12(2-4-15)16-9-14-11-23-24-19(14)20-17(16)10-18(25-20)13-5-7-22-8-6-13;20-14-3-1-12(2-4-14)15-5-6-17(22)19-16(15)11-18(23-19)13-7-9-21-10-8-13/h3-10,12-13,18H,11H2,1-2H3;1-8,10-11,16H,9H2,(H,23,24);1-4,7-11,15H,5-6H2/b16-13-;;. The zero-order chi connectivity index (χ0) is 51.6. The SMILES string of the molecule is CN(C)/C=C1/CC(c2ccc(Cl)cc2)c2cc(-c3ccncc3)sc2C1=O.Clc1ccc(C2Cc3cn[nH]c3-c3sc(-c4ccncc4)cc32)cc1.O=C1CCC(c2ccc(Cl)cc2)c2cc(-c3ccncc3)sc21. The minimum absolute atomic E-state index is 0.134. The molecule has 14 heteroatoms. The molecular formula is C61H47Cl3N6O2S3. The lowest BCUT2D eigenvalue weighted by Crippen LogP contribution is -2.19. The van der Waals surface area contributed by atoms with E-state index in [1.807, 2.05) is 116 Å². The van der Waals surface area contributed by atoms with Gasteiger partial charge in [0.25, 0.3) is 0 Å².